The highest BCUT2D eigenvalue weighted by Crippen LogP contribution is 2.24. The van der Waals surface area contributed by atoms with Gasteiger partial charge in [-0.25, -0.2) is 9.78 Å². The summed E-state index contributed by atoms with van der Waals surface area (Å²) in [5.41, 5.74) is 4.21. The van der Waals surface area contributed by atoms with E-state index < -0.39 is 5.97 Å². The molecular formula is C23H24N2O3S. The van der Waals surface area contributed by atoms with Crippen LogP contribution in [0, 0.1) is 6.92 Å². The lowest BCUT2D eigenvalue weighted by Gasteiger charge is -2.10. The maximum atomic E-state index is 12.2. The summed E-state index contributed by atoms with van der Waals surface area (Å²) in [6.45, 7) is 5.96. The largest absolute Gasteiger partial charge is 0.451 e. The Morgan fingerprint density at radius 2 is 1.79 bits per heavy atom. The fraction of sp³-hybridized carbons (Fsp3) is 0.261. The van der Waals surface area contributed by atoms with E-state index in [1.54, 1.807) is 5.38 Å². The number of nitrogens with zero attached hydrogens (tertiary/aromatic N) is 1. The van der Waals surface area contributed by atoms with Crippen LogP contribution in [0.4, 0.5) is 5.69 Å². The molecule has 0 radical (unpaired) electrons. The lowest BCUT2D eigenvalue weighted by Crippen LogP contribution is -2.21. The highest BCUT2D eigenvalue weighted by atomic mass is 32.1. The molecule has 1 atom stereocenters. The van der Waals surface area contributed by atoms with Crippen molar-refractivity contribution in [3.05, 3.63) is 70.7 Å². The Morgan fingerprint density at radius 3 is 2.45 bits per heavy atom. The van der Waals surface area contributed by atoms with Crippen molar-refractivity contribution in [1.29, 1.82) is 0 Å². The molecule has 1 aromatic heterocycles. The monoisotopic (exact) mass is 408 g/mol. The molecule has 0 saturated heterocycles. The average molecular weight is 409 g/mol. The fourth-order valence-corrected chi connectivity index (χ4v) is 3.52. The Bertz CT molecular complexity index is 978. The van der Waals surface area contributed by atoms with E-state index in [-0.39, 0.29) is 18.2 Å². The number of rotatable bonds is 7. The Morgan fingerprint density at radius 1 is 1.10 bits per heavy atom. The van der Waals surface area contributed by atoms with E-state index in [4.69, 9.17) is 4.74 Å². The van der Waals surface area contributed by atoms with Gasteiger partial charge in [0.2, 0.25) is 0 Å². The molecule has 29 heavy (non-hydrogen) atoms. The number of ether oxygens (including phenoxy) is 1. The summed E-state index contributed by atoms with van der Waals surface area (Å²) >= 11 is 1.37. The second kappa shape index (κ2) is 9.47. The number of nitrogens with one attached hydrogen (secondary N) is 1. The number of aromatic nitrogens is 1. The fourth-order valence-electron chi connectivity index (χ4n) is 2.73. The van der Waals surface area contributed by atoms with Gasteiger partial charge in [0, 0.05) is 16.6 Å². The molecule has 1 amide bonds. The second-order valence-corrected chi connectivity index (χ2v) is 7.82. The summed E-state index contributed by atoms with van der Waals surface area (Å²) in [5.74, 6) is -0.519. The molecule has 0 aliphatic rings. The number of carbonyl (C=O) groups is 2. The van der Waals surface area contributed by atoms with Crippen LogP contribution >= 0.6 is 11.3 Å². The predicted octanol–water partition coefficient (Wildman–Crippen LogP) is 5.43. The van der Waals surface area contributed by atoms with Gasteiger partial charge in [-0.05, 0) is 37.0 Å². The molecule has 0 spiro atoms. The van der Waals surface area contributed by atoms with Gasteiger partial charge < -0.3 is 10.1 Å². The third-order valence-electron chi connectivity index (χ3n) is 4.72. The molecule has 0 saturated carbocycles. The molecule has 0 bridgehead atoms. The number of amides is 1. The number of hydrogen-bond donors (Lipinski definition) is 1. The molecule has 3 rings (SSSR count). The van der Waals surface area contributed by atoms with Crippen molar-refractivity contribution in [1.82, 2.24) is 4.98 Å². The molecular weight excluding hydrogens is 384 g/mol. The van der Waals surface area contributed by atoms with Crippen LogP contribution in [0.2, 0.25) is 0 Å². The van der Waals surface area contributed by atoms with Gasteiger partial charge in [0.25, 0.3) is 5.91 Å². The molecule has 3 aromatic rings. The van der Waals surface area contributed by atoms with Crippen molar-refractivity contribution >= 4 is 28.9 Å². The number of thiazole rings is 1. The van der Waals surface area contributed by atoms with E-state index >= 15 is 0 Å². The van der Waals surface area contributed by atoms with E-state index in [1.165, 1.54) is 16.9 Å². The van der Waals surface area contributed by atoms with Gasteiger partial charge in [-0.2, -0.15) is 0 Å². The Kier molecular flexibility index (Phi) is 6.77. The minimum Gasteiger partial charge on any atom is -0.451 e. The average Bonchev–Trinajstić information content (AvgIpc) is 3.23. The lowest BCUT2D eigenvalue weighted by molar-refractivity contribution is -0.119. The Balaban J connectivity index is 1.52. The van der Waals surface area contributed by atoms with Crippen molar-refractivity contribution in [2.45, 2.75) is 33.1 Å². The molecule has 2 aromatic carbocycles. The van der Waals surface area contributed by atoms with Crippen molar-refractivity contribution in [2.75, 3.05) is 11.9 Å². The van der Waals surface area contributed by atoms with Gasteiger partial charge in [-0.1, -0.05) is 55.8 Å². The van der Waals surface area contributed by atoms with Crippen LogP contribution in [0.3, 0.4) is 0 Å². The van der Waals surface area contributed by atoms with Gasteiger partial charge >= 0.3 is 5.97 Å². The molecule has 0 unspecified atom stereocenters. The molecule has 150 valence electrons. The molecule has 5 nitrogen and oxygen atoms in total. The standard InChI is InChI=1S/C23H24N2O3S/c1-4-16(3)17-9-11-19(12-10-17)24-21(26)13-28-23(27)20-14-29-22(25-20)18-7-5-15(2)6-8-18/h5-12,14,16H,4,13H2,1-3H3,(H,24,26)/t16-/m1/s1. The lowest BCUT2D eigenvalue weighted by atomic mass is 9.99. The summed E-state index contributed by atoms with van der Waals surface area (Å²) < 4.78 is 5.10. The first-order valence-electron chi connectivity index (χ1n) is 9.55. The summed E-state index contributed by atoms with van der Waals surface area (Å²) in [5, 5.41) is 5.12. The summed E-state index contributed by atoms with van der Waals surface area (Å²) in [4.78, 5) is 28.6. The van der Waals surface area contributed by atoms with Gasteiger partial charge in [0.1, 0.15) is 5.01 Å². The van der Waals surface area contributed by atoms with Crippen LogP contribution in [0.25, 0.3) is 10.6 Å². The van der Waals surface area contributed by atoms with Gasteiger partial charge in [-0.15, -0.1) is 11.3 Å². The van der Waals surface area contributed by atoms with E-state index in [1.807, 2.05) is 55.5 Å². The molecule has 0 fully saturated rings. The number of aryl methyl sites for hydroxylation is 1. The van der Waals surface area contributed by atoms with Crippen LogP contribution < -0.4 is 5.32 Å². The van der Waals surface area contributed by atoms with Crippen molar-refractivity contribution in [3.8, 4) is 10.6 Å². The van der Waals surface area contributed by atoms with E-state index in [0.717, 1.165) is 22.6 Å². The van der Waals surface area contributed by atoms with Crippen LogP contribution in [0.1, 0.15) is 47.8 Å². The van der Waals surface area contributed by atoms with Gasteiger partial charge in [0.05, 0.1) is 0 Å². The SMILES string of the molecule is CC[C@@H](C)c1ccc(NC(=O)COC(=O)c2csc(-c3ccc(C)cc3)n2)cc1. The second-order valence-electron chi connectivity index (χ2n) is 6.96. The van der Waals surface area contributed by atoms with Crippen LogP contribution in [-0.4, -0.2) is 23.5 Å². The number of anilines is 1. The topological polar surface area (TPSA) is 68.3 Å². The first-order valence-corrected chi connectivity index (χ1v) is 10.4. The zero-order valence-corrected chi connectivity index (χ0v) is 17.6. The number of carbonyl (C=O) groups excluding carboxylic acids is 2. The summed E-state index contributed by atoms with van der Waals surface area (Å²) in [6.07, 6.45) is 1.06. The zero-order chi connectivity index (χ0) is 20.8. The molecule has 1 heterocycles. The molecule has 0 aliphatic carbocycles. The van der Waals surface area contributed by atoms with Crippen molar-refractivity contribution in [2.24, 2.45) is 0 Å². The quantitative estimate of drug-likeness (QED) is 0.530. The first kappa shape index (κ1) is 20.7. The maximum absolute atomic E-state index is 12.2. The number of esters is 1. The Hall–Kier alpha value is -2.99. The van der Waals surface area contributed by atoms with Gasteiger partial charge in [0.15, 0.2) is 12.3 Å². The molecule has 1 N–H and O–H groups in total. The molecule has 0 aliphatic heterocycles. The normalized spacial score (nSPS) is 11.7. The minimum atomic E-state index is -0.609. The number of benzene rings is 2. The maximum Gasteiger partial charge on any atom is 0.358 e. The van der Waals surface area contributed by atoms with E-state index in [9.17, 15) is 9.59 Å². The minimum absolute atomic E-state index is 0.205. The predicted molar refractivity (Wildman–Crippen MR) is 116 cm³/mol. The van der Waals surface area contributed by atoms with Crippen LogP contribution in [-0.2, 0) is 9.53 Å². The van der Waals surface area contributed by atoms with E-state index in [0.29, 0.717) is 11.6 Å². The highest BCUT2D eigenvalue weighted by molar-refractivity contribution is 7.13. The Labute approximate surface area is 174 Å². The van der Waals surface area contributed by atoms with Crippen LogP contribution in [0.15, 0.2) is 53.9 Å². The van der Waals surface area contributed by atoms with Crippen molar-refractivity contribution in [3.63, 3.8) is 0 Å². The third kappa shape index (κ3) is 5.51. The summed E-state index contributed by atoms with van der Waals surface area (Å²) in [7, 11) is 0. The molecule has 6 heteroatoms. The van der Waals surface area contributed by atoms with Gasteiger partial charge in [-0.3, -0.25) is 4.79 Å². The first-order chi connectivity index (χ1) is 14.0. The van der Waals surface area contributed by atoms with Crippen LogP contribution in [0.5, 0.6) is 0 Å². The third-order valence-corrected chi connectivity index (χ3v) is 5.61. The number of hydrogen-bond acceptors (Lipinski definition) is 5. The smallest absolute Gasteiger partial charge is 0.358 e. The highest BCUT2D eigenvalue weighted by Gasteiger charge is 2.15. The van der Waals surface area contributed by atoms with Crippen molar-refractivity contribution < 1.29 is 14.3 Å². The zero-order valence-electron chi connectivity index (χ0n) is 16.8. The van der Waals surface area contributed by atoms with E-state index in [2.05, 4.69) is 24.1 Å². The summed E-state index contributed by atoms with van der Waals surface area (Å²) in [6, 6.07) is 15.6.